The lowest BCUT2D eigenvalue weighted by molar-refractivity contribution is 0.459. The minimum absolute atomic E-state index is 0.270. The fraction of sp³-hybridized carbons (Fsp3) is 0.429. The minimum atomic E-state index is -0.331. The molecule has 1 aliphatic rings. The number of rotatable bonds is 2. The van der Waals surface area contributed by atoms with Crippen molar-refractivity contribution in [3.8, 4) is 11.4 Å². The van der Waals surface area contributed by atoms with E-state index in [2.05, 4.69) is 9.97 Å². The van der Waals surface area contributed by atoms with E-state index in [0.717, 1.165) is 28.4 Å². The molecular weight excluding hydrogens is 261 g/mol. The Balaban J connectivity index is 1.99. The molecule has 2 aromatic heterocycles. The van der Waals surface area contributed by atoms with E-state index in [1.165, 1.54) is 25.1 Å². The molecule has 0 bridgehead atoms. The predicted molar refractivity (Wildman–Crippen MR) is 74.4 cm³/mol. The van der Waals surface area contributed by atoms with Crippen molar-refractivity contribution >= 4 is 11.3 Å². The molecule has 0 saturated heterocycles. The summed E-state index contributed by atoms with van der Waals surface area (Å²) in [5.41, 5.74) is 7.70. The molecule has 1 fully saturated rings. The summed E-state index contributed by atoms with van der Waals surface area (Å²) in [6, 6.07) is 3.08. The van der Waals surface area contributed by atoms with Gasteiger partial charge < -0.3 is 5.73 Å². The second-order valence-corrected chi connectivity index (χ2v) is 6.35. The van der Waals surface area contributed by atoms with E-state index in [0.29, 0.717) is 5.69 Å². The van der Waals surface area contributed by atoms with Crippen LogP contribution in [0.4, 0.5) is 4.39 Å². The first-order valence-electron chi connectivity index (χ1n) is 6.47. The molecule has 3 nitrogen and oxygen atoms in total. The molecule has 0 spiro atoms. The molecule has 2 heterocycles. The van der Waals surface area contributed by atoms with Gasteiger partial charge in [-0.2, -0.15) is 0 Å². The molecular formula is C14H16FN3S. The van der Waals surface area contributed by atoms with Gasteiger partial charge in [0.05, 0.1) is 17.4 Å². The number of thiazole rings is 1. The van der Waals surface area contributed by atoms with Gasteiger partial charge in [-0.05, 0) is 31.9 Å². The van der Waals surface area contributed by atoms with Crippen LogP contribution in [0.3, 0.4) is 0 Å². The van der Waals surface area contributed by atoms with Crippen LogP contribution in [0, 0.1) is 12.7 Å². The summed E-state index contributed by atoms with van der Waals surface area (Å²) in [6.07, 6.45) is 5.55. The van der Waals surface area contributed by atoms with Gasteiger partial charge in [0.25, 0.3) is 0 Å². The quantitative estimate of drug-likeness (QED) is 0.915. The molecule has 5 heteroatoms. The van der Waals surface area contributed by atoms with Crippen LogP contribution < -0.4 is 5.73 Å². The van der Waals surface area contributed by atoms with Crippen molar-refractivity contribution in [3.63, 3.8) is 0 Å². The van der Waals surface area contributed by atoms with Gasteiger partial charge in [-0.25, -0.2) is 9.37 Å². The molecule has 2 N–H and O–H groups in total. The zero-order valence-corrected chi connectivity index (χ0v) is 11.6. The first-order valence-corrected chi connectivity index (χ1v) is 7.29. The summed E-state index contributed by atoms with van der Waals surface area (Å²) in [5.74, 6) is -0.331. The second kappa shape index (κ2) is 4.65. The Morgan fingerprint density at radius 1 is 1.32 bits per heavy atom. The molecule has 0 aromatic carbocycles. The molecule has 0 aliphatic heterocycles. The summed E-state index contributed by atoms with van der Waals surface area (Å²) < 4.78 is 12.9. The molecule has 100 valence electrons. The van der Waals surface area contributed by atoms with Crippen molar-refractivity contribution in [1.82, 2.24) is 9.97 Å². The van der Waals surface area contributed by atoms with E-state index in [4.69, 9.17) is 5.73 Å². The van der Waals surface area contributed by atoms with E-state index in [9.17, 15) is 4.39 Å². The maximum atomic E-state index is 12.9. The third-order valence-corrected chi connectivity index (χ3v) is 4.88. The molecule has 0 radical (unpaired) electrons. The van der Waals surface area contributed by atoms with Gasteiger partial charge >= 0.3 is 0 Å². The summed E-state index contributed by atoms with van der Waals surface area (Å²) in [5, 5.41) is 0.989. The van der Waals surface area contributed by atoms with Crippen molar-refractivity contribution < 1.29 is 4.39 Å². The number of aryl methyl sites for hydroxylation is 1. The van der Waals surface area contributed by atoms with E-state index in [1.807, 2.05) is 6.92 Å². The lowest BCUT2D eigenvalue weighted by atomic mass is 10.0. The SMILES string of the molecule is Cc1sc(C2(N)CCCC2)nc1-c1ccc(F)cn1. The monoisotopic (exact) mass is 277 g/mol. The first-order chi connectivity index (χ1) is 9.08. The van der Waals surface area contributed by atoms with Crippen LogP contribution in [-0.4, -0.2) is 9.97 Å². The molecule has 2 aromatic rings. The van der Waals surface area contributed by atoms with Crippen LogP contribution in [-0.2, 0) is 5.54 Å². The molecule has 0 amide bonds. The zero-order valence-electron chi connectivity index (χ0n) is 10.8. The number of hydrogen-bond acceptors (Lipinski definition) is 4. The standard InChI is InChI=1S/C14H16FN3S/c1-9-12(11-5-4-10(15)8-17-11)18-13(19-9)14(16)6-2-3-7-14/h4-5,8H,2-3,6-7,16H2,1H3. The number of halogens is 1. The lowest BCUT2D eigenvalue weighted by Crippen LogP contribution is -2.32. The lowest BCUT2D eigenvalue weighted by Gasteiger charge is -2.19. The van der Waals surface area contributed by atoms with Gasteiger partial charge in [0.1, 0.15) is 16.5 Å². The summed E-state index contributed by atoms with van der Waals surface area (Å²) in [7, 11) is 0. The zero-order chi connectivity index (χ0) is 13.5. The summed E-state index contributed by atoms with van der Waals surface area (Å²) >= 11 is 1.64. The van der Waals surface area contributed by atoms with Gasteiger partial charge in [-0.15, -0.1) is 11.3 Å². The summed E-state index contributed by atoms with van der Waals surface area (Å²) in [4.78, 5) is 9.86. The van der Waals surface area contributed by atoms with Crippen LogP contribution in [0.1, 0.15) is 35.6 Å². The Morgan fingerprint density at radius 3 is 2.68 bits per heavy atom. The van der Waals surface area contributed by atoms with Crippen LogP contribution in [0.25, 0.3) is 11.4 Å². The van der Waals surface area contributed by atoms with Crippen molar-refractivity contribution in [1.29, 1.82) is 0 Å². The van der Waals surface area contributed by atoms with Gasteiger partial charge in [-0.3, -0.25) is 4.98 Å². The topological polar surface area (TPSA) is 51.8 Å². The van der Waals surface area contributed by atoms with Crippen molar-refractivity contribution in [2.24, 2.45) is 5.73 Å². The molecule has 1 saturated carbocycles. The van der Waals surface area contributed by atoms with Crippen molar-refractivity contribution in [3.05, 3.63) is 34.0 Å². The van der Waals surface area contributed by atoms with Crippen LogP contribution in [0.2, 0.25) is 0 Å². The highest BCUT2D eigenvalue weighted by molar-refractivity contribution is 7.12. The van der Waals surface area contributed by atoms with Gasteiger partial charge in [-0.1, -0.05) is 12.8 Å². The number of hydrogen-bond donors (Lipinski definition) is 1. The van der Waals surface area contributed by atoms with E-state index >= 15 is 0 Å². The number of pyridine rings is 1. The van der Waals surface area contributed by atoms with E-state index < -0.39 is 0 Å². The van der Waals surface area contributed by atoms with Gasteiger partial charge in [0.15, 0.2) is 0 Å². The first kappa shape index (κ1) is 12.7. The number of nitrogens with zero attached hydrogens (tertiary/aromatic N) is 2. The predicted octanol–water partition coefficient (Wildman–Crippen LogP) is 3.38. The van der Waals surface area contributed by atoms with Gasteiger partial charge in [0.2, 0.25) is 0 Å². The molecule has 1 aliphatic carbocycles. The molecule has 3 rings (SSSR count). The molecule has 0 atom stereocenters. The van der Waals surface area contributed by atoms with Crippen LogP contribution >= 0.6 is 11.3 Å². The fourth-order valence-corrected chi connectivity index (χ4v) is 3.66. The van der Waals surface area contributed by atoms with Crippen LogP contribution in [0.15, 0.2) is 18.3 Å². The normalized spacial score (nSPS) is 17.8. The number of nitrogens with two attached hydrogens (primary N) is 1. The Kier molecular flexibility index (Phi) is 3.11. The second-order valence-electron chi connectivity index (χ2n) is 5.15. The van der Waals surface area contributed by atoms with E-state index in [-0.39, 0.29) is 11.4 Å². The highest BCUT2D eigenvalue weighted by atomic mass is 32.1. The smallest absolute Gasteiger partial charge is 0.141 e. The summed E-state index contributed by atoms with van der Waals surface area (Å²) in [6.45, 7) is 2.01. The van der Waals surface area contributed by atoms with Crippen LogP contribution in [0.5, 0.6) is 0 Å². The Hall–Kier alpha value is -1.33. The van der Waals surface area contributed by atoms with Crippen molar-refractivity contribution in [2.45, 2.75) is 38.1 Å². The Labute approximate surface area is 115 Å². The maximum absolute atomic E-state index is 12.9. The average Bonchev–Trinajstić information content (AvgIpc) is 2.98. The maximum Gasteiger partial charge on any atom is 0.141 e. The number of aromatic nitrogens is 2. The van der Waals surface area contributed by atoms with E-state index in [1.54, 1.807) is 17.4 Å². The minimum Gasteiger partial charge on any atom is -0.319 e. The fourth-order valence-electron chi connectivity index (χ4n) is 2.58. The molecule has 0 unspecified atom stereocenters. The third-order valence-electron chi connectivity index (χ3n) is 3.69. The largest absolute Gasteiger partial charge is 0.319 e. The highest BCUT2D eigenvalue weighted by Crippen LogP contribution is 2.40. The van der Waals surface area contributed by atoms with Crippen molar-refractivity contribution in [2.75, 3.05) is 0 Å². The Morgan fingerprint density at radius 2 is 2.05 bits per heavy atom. The highest BCUT2D eigenvalue weighted by Gasteiger charge is 2.34. The molecule has 19 heavy (non-hydrogen) atoms. The third kappa shape index (κ3) is 2.28. The van der Waals surface area contributed by atoms with Gasteiger partial charge in [0, 0.05) is 4.88 Å². The Bertz CT molecular complexity index is 585. The average molecular weight is 277 g/mol.